The molecule has 2 aromatic carbocycles. The Kier molecular flexibility index (Phi) is 5.25. The number of aryl methyl sites for hydroxylation is 1. The molecular weight excluding hydrogens is 442 g/mol. The number of aromatic nitrogens is 2. The van der Waals surface area contributed by atoms with Crippen molar-refractivity contribution in [1.82, 2.24) is 8.77 Å². The minimum atomic E-state index is -0.674. The van der Waals surface area contributed by atoms with Crippen molar-refractivity contribution in [2.45, 2.75) is 13.3 Å². The van der Waals surface area contributed by atoms with Crippen LogP contribution in [0.15, 0.2) is 72.9 Å². The molecule has 5 rings (SSSR count). The minimum absolute atomic E-state index is 0.374. The summed E-state index contributed by atoms with van der Waals surface area (Å²) in [6.45, 7) is 1.84. The van der Waals surface area contributed by atoms with Gasteiger partial charge >= 0.3 is 0 Å². The van der Waals surface area contributed by atoms with Crippen LogP contribution in [0.25, 0.3) is 16.4 Å². The molecule has 32 heavy (non-hydrogen) atoms. The average molecular weight is 460 g/mol. The van der Waals surface area contributed by atoms with E-state index in [-0.39, 0.29) is 0 Å². The number of carbonyl (C=O) groups excluding carboxylic acids is 2. The normalized spacial score (nSPS) is 11.2. The van der Waals surface area contributed by atoms with E-state index >= 15 is 0 Å². The molecule has 0 saturated carbocycles. The van der Waals surface area contributed by atoms with Gasteiger partial charge in [0, 0.05) is 11.2 Å². The second kappa shape index (κ2) is 8.22. The first-order valence-electron chi connectivity index (χ1n) is 10.0. The number of pyridine rings is 1. The number of Topliss-reactive ketones (excluding diaryl/α,β-unsaturated/α-hetero) is 1. The number of rotatable bonds is 5. The highest BCUT2D eigenvalue weighted by Crippen LogP contribution is 2.28. The lowest BCUT2D eigenvalue weighted by Gasteiger charge is -2.11. The molecule has 0 aliphatic heterocycles. The lowest BCUT2D eigenvalue weighted by atomic mass is 9.99. The Morgan fingerprint density at radius 2 is 1.84 bits per heavy atom. The van der Waals surface area contributed by atoms with Crippen LogP contribution < -0.4 is 5.32 Å². The number of nitrogens with one attached hydrogen (secondary N) is 1. The number of ketones is 1. The summed E-state index contributed by atoms with van der Waals surface area (Å²) in [6.07, 6.45) is 2.45. The Balaban J connectivity index is 1.61. The molecule has 7 heteroatoms. The van der Waals surface area contributed by atoms with E-state index in [2.05, 4.69) is 15.8 Å². The standard InChI is InChI=1S/C25H18ClN3O2S/c1-15-12-22(32-28-15)27-25(31)24(30)20-10-11-29-21-5-3-2-4-17(21)14-18(23(20)29)13-16-6-8-19(26)9-7-16/h2-12,14H,13H2,1H3,(H,27,31). The van der Waals surface area contributed by atoms with Gasteiger partial charge in [0.1, 0.15) is 5.00 Å². The molecule has 0 radical (unpaired) electrons. The molecule has 3 aromatic heterocycles. The molecule has 1 N–H and O–H groups in total. The van der Waals surface area contributed by atoms with Crippen LogP contribution in [0, 0.1) is 6.92 Å². The van der Waals surface area contributed by atoms with Gasteiger partial charge in [-0.25, -0.2) is 0 Å². The molecule has 1 amide bonds. The van der Waals surface area contributed by atoms with Crippen molar-refractivity contribution in [3.8, 4) is 0 Å². The Bertz CT molecular complexity index is 1480. The minimum Gasteiger partial charge on any atom is -0.316 e. The fraction of sp³-hybridized carbons (Fsp3) is 0.0800. The molecule has 0 bridgehead atoms. The van der Waals surface area contributed by atoms with Crippen molar-refractivity contribution < 1.29 is 9.59 Å². The highest BCUT2D eigenvalue weighted by molar-refractivity contribution is 7.10. The van der Waals surface area contributed by atoms with Crippen LogP contribution in [-0.4, -0.2) is 20.5 Å². The van der Waals surface area contributed by atoms with Gasteiger partial charge in [-0.2, -0.15) is 4.37 Å². The van der Waals surface area contributed by atoms with Crippen LogP contribution in [0.5, 0.6) is 0 Å². The third kappa shape index (κ3) is 3.79. The number of para-hydroxylation sites is 1. The van der Waals surface area contributed by atoms with E-state index in [1.165, 1.54) is 0 Å². The zero-order valence-electron chi connectivity index (χ0n) is 17.1. The zero-order chi connectivity index (χ0) is 22.2. The van der Waals surface area contributed by atoms with E-state index in [1.54, 1.807) is 12.1 Å². The maximum absolute atomic E-state index is 13.2. The summed E-state index contributed by atoms with van der Waals surface area (Å²) in [7, 11) is 0. The smallest absolute Gasteiger partial charge is 0.297 e. The summed E-state index contributed by atoms with van der Waals surface area (Å²) in [4.78, 5) is 25.9. The number of hydrogen-bond donors (Lipinski definition) is 1. The fourth-order valence-corrected chi connectivity index (χ4v) is 4.68. The van der Waals surface area contributed by atoms with E-state index in [1.807, 2.05) is 66.1 Å². The molecule has 0 aliphatic rings. The third-order valence-electron chi connectivity index (χ3n) is 5.34. The SMILES string of the molecule is Cc1cc(NC(=O)C(=O)c2ccn3c2c(Cc2ccc(Cl)cc2)cc2ccccc23)sn1. The summed E-state index contributed by atoms with van der Waals surface area (Å²) in [5.41, 5.74) is 4.90. The lowest BCUT2D eigenvalue weighted by molar-refractivity contribution is -0.112. The molecule has 0 fully saturated rings. The molecule has 0 saturated heterocycles. The molecule has 0 aliphatic carbocycles. The predicted octanol–water partition coefficient (Wildman–Crippen LogP) is 5.92. The van der Waals surface area contributed by atoms with E-state index in [9.17, 15) is 9.59 Å². The van der Waals surface area contributed by atoms with Crippen LogP contribution in [0.3, 0.4) is 0 Å². The Morgan fingerprint density at radius 1 is 1.06 bits per heavy atom. The second-order valence-electron chi connectivity index (χ2n) is 7.60. The predicted molar refractivity (Wildman–Crippen MR) is 129 cm³/mol. The maximum Gasteiger partial charge on any atom is 0.297 e. The number of nitrogens with zero attached hydrogens (tertiary/aromatic N) is 2. The number of fused-ring (bicyclic) bond motifs is 3. The Morgan fingerprint density at radius 3 is 2.59 bits per heavy atom. The fourth-order valence-electron chi connectivity index (χ4n) is 3.90. The van der Waals surface area contributed by atoms with Gasteiger partial charge in [0.05, 0.1) is 22.3 Å². The van der Waals surface area contributed by atoms with Crippen molar-refractivity contribution in [2.75, 3.05) is 5.32 Å². The van der Waals surface area contributed by atoms with Gasteiger partial charge < -0.3 is 9.72 Å². The van der Waals surface area contributed by atoms with Crippen molar-refractivity contribution >= 4 is 56.2 Å². The van der Waals surface area contributed by atoms with Gasteiger partial charge in [0.25, 0.3) is 11.7 Å². The highest BCUT2D eigenvalue weighted by Gasteiger charge is 2.23. The van der Waals surface area contributed by atoms with Crippen LogP contribution in [0.1, 0.15) is 27.2 Å². The van der Waals surface area contributed by atoms with E-state index < -0.39 is 11.7 Å². The summed E-state index contributed by atoms with van der Waals surface area (Å²) >= 11 is 7.20. The van der Waals surface area contributed by atoms with E-state index in [0.717, 1.165) is 44.8 Å². The number of anilines is 1. The molecule has 158 valence electrons. The van der Waals surface area contributed by atoms with Gasteiger partial charge in [-0.3, -0.25) is 9.59 Å². The summed E-state index contributed by atoms with van der Waals surface area (Å²) < 4.78 is 6.13. The number of carbonyl (C=O) groups is 2. The van der Waals surface area contributed by atoms with Gasteiger partial charge in [-0.05, 0) is 77.8 Å². The van der Waals surface area contributed by atoms with Crippen molar-refractivity contribution in [3.63, 3.8) is 0 Å². The average Bonchev–Trinajstić information content (AvgIpc) is 3.41. The van der Waals surface area contributed by atoms with Crippen LogP contribution in [0.2, 0.25) is 5.02 Å². The third-order valence-corrected chi connectivity index (χ3v) is 6.39. The summed E-state index contributed by atoms with van der Waals surface area (Å²) in [6, 6.07) is 21.2. The number of hydrogen-bond acceptors (Lipinski definition) is 4. The second-order valence-corrected chi connectivity index (χ2v) is 8.84. The highest BCUT2D eigenvalue weighted by atomic mass is 35.5. The monoisotopic (exact) mass is 459 g/mol. The lowest BCUT2D eigenvalue weighted by Crippen LogP contribution is -2.22. The first-order chi connectivity index (χ1) is 15.5. The van der Waals surface area contributed by atoms with E-state index in [0.29, 0.717) is 22.0 Å². The molecule has 5 aromatic rings. The number of benzene rings is 2. The summed E-state index contributed by atoms with van der Waals surface area (Å²) in [5.74, 6) is -1.25. The van der Waals surface area contributed by atoms with Crippen molar-refractivity contribution in [3.05, 3.63) is 100 Å². The molecule has 0 spiro atoms. The number of halogens is 1. The van der Waals surface area contributed by atoms with Gasteiger partial charge in [-0.15, -0.1) is 0 Å². The largest absolute Gasteiger partial charge is 0.316 e. The van der Waals surface area contributed by atoms with Crippen LogP contribution in [-0.2, 0) is 11.2 Å². The topological polar surface area (TPSA) is 63.5 Å². The molecule has 5 nitrogen and oxygen atoms in total. The van der Waals surface area contributed by atoms with Gasteiger partial charge in [-0.1, -0.05) is 41.9 Å². The zero-order valence-corrected chi connectivity index (χ0v) is 18.7. The maximum atomic E-state index is 13.2. The molecule has 0 unspecified atom stereocenters. The Labute approximate surface area is 193 Å². The van der Waals surface area contributed by atoms with E-state index in [4.69, 9.17) is 11.6 Å². The Hall–Kier alpha value is -3.48. The van der Waals surface area contributed by atoms with Crippen LogP contribution in [0.4, 0.5) is 5.00 Å². The van der Waals surface area contributed by atoms with Gasteiger partial charge in [0.15, 0.2) is 0 Å². The quantitative estimate of drug-likeness (QED) is 0.262. The van der Waals surface area contributed by atoms with Crippen molar-refractivity contribution in [1.29, 1.82) is 0 Å². The molecule has 0 atom stereocenters. The summed E-state index contributed by atoms with van der Waals surface area (Å²) in [5, 5.41) is 4.95. The number of amides is 1. The van der Waals surface area contributed by atoms with Gasteiger partial charge in [0.2, 0.25) is 0 Å². The first kappa shape index (κ1) is 20.4. The van der Waals surface area contributed by atoms with Crippen LogP contribution >= 0.6 is 23.1 Å². The van der Waals surface area contributed by atoms with Crippen molar-refractivity contribution in [2.24, 2.45) is 0 Å². The first-order valence-corrected chi connectivity index (χ1v) is 11.2. The molecular formula is C25H18ClN3O2S. The molecule has 3 heterocycles.